The Morgan fingerprint density at radius 2 is 1.86 bits per heavy atom. The summed E-state index contributed by atoms with van der Waals surface area (Å²) in [5, 5.41) is 8.46. The molecule has 14 heavy (non-hydrogen) atoms. The van der Waals surface area contributed by atoms with Crippen LogP contribution in [0.1, 0.15) is 17.9 Å². The lowest BCUT2D eigenvalue weighted by molar-refractivity contribution is -0.138. The van der Waals surface area contributed by atoms with Crippen LogP contribution in [0.3, 0.4) is 0 Å². The Hall–Kier alpha value is -1.45. The van der Waals surface area contributed by atoms with E-state index in [0.717, 1.165) is 0 Å². The first-order chi connectivity index (χ1) is 6.61. The van der Waals surface area contributed by atoms with Gasteiger partial charge < -0.3 is 5.11 Å². The average molecular weight is 200 g/mol. The van der Waals surface area contributed by atoms with E-state index in [0.29, 0.717) is 5.56 Å². The molecule has 0 aromatic heterocycles. The van der Waals surface area contributed by atoms with E-state index in [1.807, 2.05) is 0 Å². The first-order valence-corrected chi connectivity index (χ1v) is 4.16. The molecule has 1 aromatic carbocycles. The van der Waals surface area contributed by atoms with Gasteiger partial charge in [0.15, 0.2) is 0 Å². The third-order valence-corrected chi connectivity index (χ3v) is 1.93. The number of carboxylic acid groups (broad SMARTS) is 1. The standard InChI is InChI=1S/C10H10F2O2/c11-10(12)8(6-9(13)14)7-4-2-1-3-5-7/h1-5,8,10H,6H2,(H,13,14)/t8-/m1/s1. The highest BCUT2D eigenvalue weighted by atomic mass is 19.3. The minimum Gasteiger partial charge on any atom is -0.481 e. The van der Waals surface area contributed by atoms with E-state index in [-0.39, 0.29) is 0 Å². The summed E-state index contributed by atoms with van der Waals surface area (Å²) in [7, 11) is 0. The number of carbonyl (C=O) groups is 1. The highest BCUT2D eigenvalue weighted by Crippen LogP contribution is 2.26. The van der Waals surface area contributed by atoms with Crippen LogP contribution in [0.5, 0.6) is 0 Å². The molecule has 0 heterocycles. The number of aliphatic carboxylic acids is 1. The van der Waals surface area contributed by atoms with Gasteiger partial charge in [0.25, 0.3) is 0 Å². The van der Waals surface area contributed by atoms with Gasteiger partial charge >= 0.3 is 5.97 Å². The molecule has 1 rings (SSSR count). The molecule has 0 aliphatic carbocycles. The molecule has 4 heteroatoms. The van der Waals surface area contributed by atoms with Gasteiger partial charge in [-0.2, -0.15) is 0 Å². The van der Waals surface area contributed by atoms with Crippen molar-refractivity contribution in [3.8, 4) is 0 Å². The van der Waals surface area contributed by atoms with Crippen LogP contribution < -0.4 is 0 Å². The molecule has 1 atom stereocenters. The van der Waals surface area contributed by atoms with Crippen molar-refractivity contribution in [1.82, 2.24) is 0 Å². The zero-order valence-electron chi connectivity index (χ0n) is 7.36. The second-order valence-corrected chi connectivity index (χ2v) is 2.95. The molecular weight excluding hydrogens is 190 g/mol. The van der Waals surface area contributed by atoms with Crippen LogP contribution in [-0.2, 0) is 4.79 Å². The summed E-state index contributed by atoms with van der Waals surface area (Å²) in [6, 6.07) is 7.96. The van der Waals surface area contributed by atoms with Gasteiger partial charge in [0.1, 0.15) is 0 Å². The van der Waals surface area contributed by atoms with Crippen LogP contribution in [0.4, 0.5) is 8.78 Å². The Bertz CT molecular complexity index is 298. The van der Waals surface area contributed by atoms with Crippen LogP contribution in [0.25, 0.3) is 0 Å². The van der Waals surface area contributed by atoms with Gasteiger partial charge in [-0.15, -0.1) is 0 Å². The van der Waals surface area contributed by atoms with Gasteiger partial charge in [-0.1, -0.05) is 30.3 Å². The molecule has 0 aliphatic heterocycles. The van der Waals surface area contributed by atoms with Crippen LogP contribution in [0.15, 0.2) is 30.3 Å². The van der Waals surface area contributed by atoms with E-state index in [9.17, 15) is 13.6 Å². The van der Waals surface area contributed by atoms with Crippen LogP contribution >= 0.6 is 0 Å². The molecule has 0 bridgehead atoms. The van der Waals surface area contributed by atoms with Gasteiger partial charge in [-0.25, -0.2) is 8.78 Å². The number of halogens is 2. The van der Waals surface area contributed by atoms with Crippen molar-refractivity contribution < 1.29 is 18.7 Å². The van der Waals surface area contributed by atoms with Crippen molar-refractivity contribution in [2.45, 2.75) is 18.8 Å². The molecule has 0 unspecified atom stereocenters. The molecule has 0 radical (unpaired) electrons. The first kappa shape index (κ1) is 10.6. The fourth-order valence-electron chi connectivity index (χ4n) is 1.24. The predicted molar refractivity (Wildman–Crippen MR) is 47.4 cm³/mol. The summed E-state index contributed by atoms with van der Waals surface area (Å²) < 4.78 is 25.0. The number of alkyl halides is 2. The van der Waals surface area contributed by atoms with Crippen molar-refractivity contribution in [3.05, 3.63) is 35.9 Å². The molecule has 0 amide bonds. The largest absolute Gasteiger partial charge is 0.481 e. The Balaban J connectivity index is 2.83. The summed E-state index contributed by atoms with van der Waals surface area (Å²) in [6.07, 6.45) is -3.18. The van der Waals surface area contributed by atoms with Crippen molar-refractivity contribution in [1.29, 1.82) is 0 Å². The van der Waals surface area contributed by atoms with Crippen molar-refractivity contribution in [3.63, 3.8) is 0 Å². The highest BCUT2D eigenvalue weighted by Gasteiger charge is 2.24. The van der Waals surface area contributed by atoms with E-state index < -0.39 is 24.7 Å². The molecule has 0 spiro atoms. The molecular formula is C10H10F2O2. The molecule has 1 aromatic rings. The number of hydrogen-bond acceptors (Lipinski definition) is 1. The highest BCUT2D eigenvalue weighted by molar-refractivity contribution is 5.68. The number of carboxylic acids is 1. The van der Waals surface area contributed by atoms with E-state index >= 15 is 0 Å². The third kappa shape index (κ3) is 2.80. The Morgan fingerprint density at radius 1 is 1.29 bits per heavy atom. The Labute approximate surface area is 80.2 Å². The topological polar surface area (TPSA) is 37.3 Å². The molecule has 0 saturated carbocycles. The monoisotopic (exact) mass is 200 g/mol. The molecule has 76 valence electrons. The summed E-state index contributed by atoms with van der Waals surface area (Å²) in [5.41, 5.74) is 0.366. The summed E-state index contributed by atoms with van der Waals surface area (Å²) in [5.74, 6) is -2.42. The Morgan fingerprint density at radius 3 is 2.29 bits per heavy atom. The maximum absolute atomic E-state index is 12.5. The van der Waals surface area contributed by atoms with Gasteiger partial charge in [0, 0.05) is 0 Å². The SMILES string of the molecule is O=C(O)C[C@H](c1ccccc1)C(F)F. The lowest BCUT2D eigenvalue weighted by Gasteiger charge is -2.13. The van der Waals surface area contributed by atoms with Crippen LogP contribution in [0.2, 0.25) is 0 Å². The number of benzene rings is 1. The molecule has 0 saturated heterocycles. The minimum absolute atomic E-state index is 0.366. The summed E-state index contributed by atoms with van der Waals surface area (Å²) >= 11 is 0. The van der Waals surface area contributed by atoms with E-state index in [1.54, 1.807) is 18.2 Å². The zero-order chi connectivity index (χ0) is 10.6. The molecule has 2 nitrogen and oxygen atoms in total. The summed E-state index contributed by atoms with van der Waals surface area (Å²) in [6.45, 7) is 0. The molecule has 1 N–H and O–H groups in total. The normalized spacial score (nSPS) is 12.8. The fraction of sp³-hybridized carbons (Fsp3) is 0.300. The Kier molecular flexibility index (Phi) is 3.56. The van der Waals surface area contributed by atoms with Gasteiger partial charge in [-0.05, 0) is 5.56 Å². The summed E-state index contributed by atoms with van der Waals surface area (Å²) in [4.78, 5) is 10.4. The van der Waals surface area contributed by atoms with Crippen molar-refractivity contribution >= 4 is 5.97 Å². The van der Waals surface area contributed by atoms with Gasteiger partial charge in [-0.3, -0.25) is 4.79 Å². The van der Waals surface area contributed by atoms with Gasteiger partial charge in [0.2, 0.25) is 6.43 Å². The van der Waals surface area contributed by atoms with Gasteiger partial charge in [0.05, 0.1) is 12.3 Å². The molecule has 0 fully saturated rings. The lowest BCUT2D eigenvalue weighted by atomic mass is 9.96. The van der Waals surface area contributed by atoms with Crippen molar-refractivity contribution in [2.75, 3.05) is 0 Å². The average Bonchev–Trinajstić information content (AvgIpc) is 2.15. The smallest absolute Gasteiger partial charge is 0.304 e. The third-order valence-electron chi connectivity index (χ3n) is 1.93. The maximum atomic E-state index is 12.5. The van der Waals surface area contributed by atoms with E-state index in [2.05, 4.69) is 0 Å². The lowest BCUT2D eigenvalue weighted by Crippen LogP contribution is -2.13. The first-order valence-electron chi connectivity index (χ1n) is 4.16. The quantitative estimate of drug-likeness (QED) is 0.810. The minimum atomic E-state index is -2.64. The van der Waals surface area contributed by atoms with Crippen LogP contribution in [0, 0.1) is 0 Å². The second kappa shape index (κ2) is 4.69. The zero-order valence-corrected chi connectivity index (χ0v) is 7.36. The van der Waals surface area contributed by atoms with E-state index in [4.69, 9.17) is 5.11 Å². The second-order valence-electron chi connectivity index (χ2n) is 2.95. The predicted octanol–water partition coefficient (Wildman–Crippen LogP) is 2.51. The van der Waals surface area contributed by atoms with Crippen LogP contribution in [-0.4, -0.2) is 17.5 Å². The molecule has 0 aliphatic rings. The maximum Gasteiger partial charge on any atom is 0.304 e. The van der Waals surface area contributed by atoms with E-state index in [1.165, 1.54) is 12.1 Å². The number of rotatable bonds is 4. The fourth-order valence-corrected chi connectivity index (χ4v) is 1.24. The number of hydrogen-bond donors (Lipinski definition) is 1. The van der Waals surface area contributed by atoms with Crippen molar-refractivity contribution in [2.24, 2.45) is 0 Å².